The molecule has 0 aliphatic rings. The number of carbonyl (C=O) groups is 2. The zero-order valence-electron chi connectivity index (χ0n) is 9.10. The van der Waals surface area contributed by atoms with Crippen LogP contribution in [-0.2, 0) is 9.59 Å². The van der Waals surface area contributed by atoms with E-state index in [1.165, 1.54) is 19.2 Å². The molecule has 3 N–H and O–H groups in total. The number of likely N-dealkylation sites (N-methyl/N-ethyl adjacent to an activating group) is 1. The van der Waals surface area contributed by atoms with Gasteiger partial charge in [0.05, 0.1) is 11.3 Å². The summed E-state index contributed by atoms with van der Waals surface area (Å²) >= 11 is 0. The summed E-state index contributed by atoms with van der Waals surface area (Å²) in [5, 5.41) is 22.3. The predicted octanol–water partition coefficient (Wildman–Crippen LogP) is 0.169. The summed E-state index contributed by atoms with van der Waals surface area (Å²) in [6, 6.07) is 6.92. The van der Waals surface area contributed by atoms with Gasteiger partial charge >= 0.3 is 5.97 Å². The van der Waals surface area contributed by atoms with Crippen molar-refractivity contribution in [3.8, 4) is 6.07 Å². The number of para-hydroxylation sites is 1. The van der Waals surface area contributed by atoms with Crippen LogP contribution >= 0.6 is 0 Å². The Hall–Kier alpha value is -2.39. The molecule has 1 aromatic rings. The van der Waals surface area contributed by atoms with Gasteiger partial charge in [-0.2, -0.15) is 5.26 Å². The van der Waals surface area contributed by atoms with E-state index >= 15 is 0 Å². The van der Waals surface area contributed by atoms with Gasteiger partial charge in [0.25, 0.3) is 5.91 Å². The minimum Gasteiger partial charge on any atom is -0.480 e. The molecule has 0 aromatic heterocycles. The van der Waals surface area contributed by atoms with Crippen molar-refractivity contribution in [3.05, 3.63) is 29.8 Å². The molecule has 17 heavy (non-hydrogen) atoms. The van der Waals surface area contributed by atoms with Crippen molar-refractivity contribution in [1.82, 2.24) is 5.32 Å². The lowest BCUT2D eigenvalue weighted by Gasteiger charge is -2.12. The summed E-state index contributed by atoms with van der Waals surface area (Å²) in [6.45, 7) is 0. The Kier molecular flexibility index (Phi) is 4.20. The first kappa shape index (κ1) is 12.7. The topological polar surface area (TPSA) is 102 Å². The zero-order chi connectivity index (χ0) is 12.8. The fraction of sp³-hybridized carbons (Fsp3) is 0.182. The van der Waals surface area contributed by atoms with Crippen molar-refractivity contribution in [1.29, 1.82) is 5.26 Å². The number of hydrogen-bond donors (Lipinski definition) is 3. The number of anilines is 1. The van der Waals surface area contributed by atoms with Gasteiger partial charge in [-0.25, -0.2) is 4.79 Å². The molecule has 6 heteroatoms. The minimum atomic E-state index is -1.35. The maximum absolute atomic E-state index is 11.6. The van der Waals surface area contributed by atoms with Crippen LogP contribution in [0.25, 0.3) is 0 Å². The lowest BCUT2D eigenvalue weighted by Crippen LogP contribution is -2.44. The molecule has 1 rings (SSSR count). The van der Waals surface area contributed by atoms with Gasteiger partial charge in [0.2, 0.25) is 0 Å². The number of carboxylic acid groups (broad SMARTS) is 1. The molecule has 0 radical (unpaired) electrons. The van der Waals surface area contributed by atoms with E-state index < -0.39 is 17.9 Å². The van der Waals surface area contributed by atoms with E-state index in [-0.39, 0.29) is 5.56 Å². The van der Waals surface area contributed by atoms with E-state index in [1.54, 1.807) is 12.1 Å². The molecule has 0 aliphatic heterocycles. The smallest absolute Gasteiger partial charge is 0.330 e. The summed E-state index contributed by atoms with van der Waals surface area (Å²) in [5.74, 6) is -2.00. The average Bonchev–Trinajstić information content (AvgIpc) is 2.30. The van der Waals surface area contributed by atoms with Gasteiger partial charge in [-0.15, -0.1) is 0 Å². The van der Waals surface area contributed by atoms with Gasteiger partial charge < -0.3 is 10.4 Å². The van der Waals surface area contributed by atoms with Crippen molar-refractivity contribution in [3.63, 3.8) is 0 Å². The summed E-state index contributed by atoms with van der Waals surface area (Å²) in [5.41, 5.74) is 0.572. The van der Waals surface area contributed by atoms with Crippen LogP contribution in [0.4, 0.5) is 5.69 Å². The molecule has 0 bridgehead atoms. The third-order valence-corrected chi connectivity index (χ3v) is 2.10. The third-order valence-electron chi connectivity index (χ3n) is 2.10. The summed E-state index contributed by atoms with van der Waals surface area (Å²) in [4.78, 5) is 22.3. The molecule has 1 unspecified atom stereocenters. The minimum absolute atomic E-state index is 0.279. The first-order valence-corrected chi connectivity index (χ1v) is 4.80. The summed E-state index contributed by atoms with van der Waals surface area (Å²) in [6.07, 6.45) is 0. The van der Waals surface area contributed by atoms with E-state index in [4.69, 9.17) is 10.4 Å². The number of carboxylic acids is 1. The molecule has 0 aliphatic carbocycles. The predicted molar refractivity (Wildman–Crippen MR) is 60.3 cm³/mol. The lowest BCUT2D eigenvalue weighted by molar-refractivity contribution is -0.142. The second-order valence-corrected chi connectivity index (χ2v) is 3.21. The molecule has 0 saturated carbocycles. The summed E-state index contributed by atoms with van der Waals surface area (Å²) < 4.78 is 0. The maximum Gasteiger partial charge on any atom is 0.330 e. The van der Waals surface area contributed by atoms with Crippen LogP contribution in [0.3, 0.4) is 0 Å². The highest BCUT2D eigenvalue weighted by molar-refractivity contribution is 6.08. The number of aliphatic carboxylic acids is 1. The number of carbonyl (C=O) groups excluding carboxylic acids is 1. The van der Waals surface area contributed by atoms with Crippen molar-refractivity contribution < 1.29 is 14.7 Å². The molecule has 1 aromatic carbocycles. The highest BCUT2D eigenvalue weighted by Gasteiger charge is 2.24. The molecule has 1 amide bonds. The largest absolute Gasteiger partial charge is 0.480 e. The van der Waals surface area contributed by atoms with Crippen molar-refractivity contribution in [2.24, 2.45) is 0 Å². The SMILES string of the molecule is CNC(C(=O)O)C(=O)Nc1ccccc1C#N. The highest BCUT2D eigenvalue weighted by atomic mass is 16.4. The Morgan fingerprint density at radius 3 is 2.59 bits per heavy atom. The number of benzene rings is 1. The van der Waals surface area contributed by atoms with Crippen molar-refractivity contribution >= 4 is 17.6 Å². The fourth-order valence-corrected chi connectivity index (χ4v) is 1.26. The third kappa shape index (κ3) is 3.03. The Labute approximate surface area is 97.9 Å². The molecule has 88 valence electrons. The number of hydrogen-bond acceptors (Lipinski definition) is 4. The summed E-state index contributed by atoms with van der Waals surface area (Å²) in [7, 11) is 1.37. The van der Waals surface area contributed by atoms with E-state index in [1.807, 2.05) is 6.07 Å². The molecule has 0 saturated heterocycles. The number of rotatable bonds is 4. The lowest BCUT2D eigenvalue weighted by atomic mass is 10.2. The van der Waals surface area contributed by atoms with E-state index in [9.17, 15) is 9.59 Å². The molecular weight excluding hydrogens is 222 g/mol. The Bertz CT molecular complexity index is 479. The van der Waals surface area contributed by atoms with Gasteiger partial charge in [0, 0.05) is 0 Å². The van der Waals surface area contributed by atoms with Crippen molar-refractivity contribution in [2.75, 3.05) is 12.4 Å². The van der Waals surface area contributed by atoms with Crippen molar-refractivity contribution in [2.45, 2.75) is 6.04 Å². The Morgan fingerprint density at radius 1 is 1.41 bits per heavy atom. The van der Waals surface area contributed by atoms with Crippen LogP contribution in [0.5, 0.6) is 0 Å². The van der Waals surface area contributed by atoms with Gasteiger partial charge in [0.1, 0.15) is 6.07 Å². The first-order valence-electron chi connectivity index (χ1n) is 4.80. The number of nitrogens with zero attached hydrogens (tertiary/aromatic N) is 1. The number of nitriles is 1. The van der Waals surface area contributed by atoms with Crippen LogP contribution in [-0.4, -0.2) is 30.1 Å². The second-order valence-electron chi connectivity index (χ2n) is 3.21. The number of amides is 1. The van der Waals surface area contributed by atoms with Crippen LogP contribution in [0.15, 0.2) is 24.3 Å². The van der Waals surface area contributed by atoms with Gasteiger partial charge in [-0.1, -0.05) is 12.1 Å². The van der Waals surface area contributed by atoms with Gasteiger partial charge in [-0.05, 0) is 19.2 Å². The quantitative estimate of drug-likeness (QED) is 0.643. The van der Waals surface area contributed by atoms with Gasteiger partial charge in [-0.3, -0.25) is 10.1 Å². The highest BCUT2D eigenvalue weighted by Crippen LogP contribution is 2.13. The monoisotopic (exact) mass is 233 g/mol. The van der Waals surface area contributed by atoms with Crippen LogP contribution in [0, 0.1) is 11.3 Å². The Balaban J connectivity index is 2.88. The number of nitrogens with one attached hydrogen (secondary N) is 2. The maximum atomic E-state index is 11.6. The standard InChI is InChI=1S/C11H11N3O3/c1-13-9(11(16)17)10(15)14-8-5-3-2-4-7(8)6-12/h2-5,9,13H,1H3,(H,14,15)(H,16,17). The normalized spacial score (nSPS) is 11.3. The fourth-order valence-electron chi connectivity index (χ4n) is 1.26. The average molecular weight is 233 g/mol. The van der Waals surface area contributed by atoms with Crippen LogP contribution in [0.2, 0.25) is 0 Å². The molecule has 6 nitrogen and oxygen atoms in total. The molecular formula is C11H11N3O3. The van der Waals surface area contributed by atoms with E-state index in [0.29, 0.717) is 5.69 Å². The molecule has 0 fully saturated rings. The van der Waals surface area contributed by atoms with E-state index in [0.717, 1.165) is 0 Å². The molecule has 0 heterocycles. The van der Waals surface area contributed by atoms with Crippen LogP contribution < -0.4 is 10.6 Å². The zero-order valence-corrected chi connectivity index (χ0v) is 9.10. The molecule has 0 spiro atoms. The Morgan fingerprint density at radius 2 is 2.06 bits per heavy atom. The van der Waals surface area contributed by atoms with Crippen LogP contribution in [0.1, 0.15) is 5.56 Å². The second kappa shape index (κ2) is 5.63. The molecule has 1 atom stereocenters. The van der Waals surface area contributed by atoms with Gasteiger partial charge in [0.15, 0.2) is 6.04 Å². The first-order chi connectivity index (χ1) is 8.10. The van der Waals surface area contributed by atoms with E-state index in [2.05, 4.69) is 10.6 Å².